The fraction of sp³-hybridized carbons (Fsp3) is 0.538. The lowest BCUT2D eigenvalue weighted by Crippen LogP contribution is -2.31. The third kappa shape index (κ3) is 1.94. The first-order chi connectivity index (χ1) is 10.2. The van der Waals surface area contributed by atoms with Gasteiger partial charge in [-0.1, -0.05) is 5.16 Å². The van der Waals surface area contributed by atoms with Crippen molar-refractivity contribution in [2.24, 2.45) is 0 Å². The molecule has 1 atom stereocenters. The maximum absolute atomic E-state index is 12.7. The lowest BCUT2D eigenvalue weighted by molar-refractivity contribution is 0.0786. The van der Waals surface area contributed by atoms with Gasteiger partial charge in [0, 0.05) is 38.7 Å². The van der Waals surface area contributed by atoms with Crippen LogP contribution >= 0.6 is 0 Å². The van der Waals surface area contributed by atoms with Crippen molar-refractivity contribution in [3.63, 3.8) is 0 Å². The van der Waals surface area contributed by atoms with Gasteiger partial charge < -0.3 is 14.7 Å². The van der Waals surface area contributed by atoms with E-state index >= 15 is 0 Å². The van der Waals surface area contributed by atoms with Crippen LogP contribution < -0.4 is 5.32 Å². The van der Waals surface area contributed by atoms with Crippen LogP contribution in [0.2, 0.25) is 0 Å². The molecule has 2 aliphatic rings. The average Bonchev–Trinajstić information content (AvgIpc) is 3.10. The molecule has 0 fully saturated rings. The van der Waals surface area contributed by atoms with E-state index in [9.17, 15) is 4.79 Å². The number of fused-ring (bicyclic) bond motifs is 3. The van der Waals surface area contributed by atoms with Crippen molar-refractivity contribution in [3.8, 4) is 0 Å². The molecule has 0 spiro atoms. The van der Waals surface area contributed by atoms with E-state index in [1.54, 1.807) is 11.9 Å². The summed E-state index contributed by atoms with van der Waals surface area (Å²) < 4.78 is 6.99. The van der Waals surface area contributed by atoms with Crippen molar-refractivity contribution in [2.75, 3.05) is 20.1 Å². The molecule has 1 unspecified atom stereocenters. The normalized spacial score (nSPS) is 21.9. The van der Waals surface area contributed by atoms with Gasteiger partial charge in [0.1, 0.15) is 5.69 Å². The monoisotopic (exact) mass is 288 g/mol. The molecule has 1 N–H and O–H groups in total. The minimum atomic E-state index is -0.0305. The Balaban J connectivity index is 1.79. The second-order valence-electron chi connectivity index (χ2n) is 5.54. The largest absolute Gasteiger partial charge is 0.340 e. The zero-order chi connectivity index (χ0) is 14.4. The third-order valence-electron chi connectivity index (χ3n) is 4.14. The molecule has 21 heavy (non-hydrogen) atoms. The van der Waals surface area contributed by atoms with Crippen LogP contribution in [0.1, 0.15) is 33.6 Å². The van der Waals surface area contributed by atoms with Crippen LogP contribution in [-0.2, 0) is 19.5 Å². The molecular weight excluding hydrogens is 272 g/mol. The topological polar surface area (TPSA) is 89.1 Å². The maximum Gasteiger partial charge on any atom is 0.272 e. The number of nitrogens with one attached hydrogen (secondary N) is 1. The van der Waals surface area contributed by atoms with E-state index in [1.165, 1.54) is 6.33 Å². The van der Waals surface area contributed by atoms with Crippen molar-refractivity contribution in [1.82, 2.24) is 30.1 Å². The van der Waals surface area contributed by atoms with Gasteiger partial charge in [0.15, 0.2) is 6.33 Å². The third-order valence-corrected chi connectivity index (χ3v) is 4.14. The Kier molecular flexibility index (Phi) is 2.78. The first-order valence-corrected chi connectivity index (χ1v) is 7.05. The van der Waals surface area contributed by atoms with E-state index in [0.29, 0.717) is 31.2 Å². The van der Waals surface area contributed by atoms with Crippen molar-refractivity contribution in [1.29, 1.82) is 0 Å². The molecule has 0 saturated carbocycles. The summed E-state index contributed by atoms with van der Waals surface area (Å²) in [5, 5.41) is 11.6. The average molecular weight is 288 g/mol. The Bertz CT molecular complexity index is 677. The molecule has 0 saturated heterocycles. The zero-order valence-electron chi connectivity index (χ0n) is 11.7. The van der Waals surface area contributed by atoms with Gasteiger partial charge in [-0.3, -0.25) is 9.48 Å². The van der Waals surface area contributed by atoms with Crippen LogP contribution in [0.4, 0.5) is 0 Å². The van der Waals surface area contributed by atoms with Crippen molar-refractivity contribution in [2.45, 2.75) is 25.4 Å². The van der Waals surface area contributed by atoms with Crippen LogP contribution in [0.25, 0.3) is 0 Å². The van der Waals surface area contributed by atoms with Crippen LogP contribution in [-0.4, -0.2) is 50.9 Å². The van der Waals surface area contributed by atoms with Crippen LogP contribution in [0.3, 0.4) is 0 Å². The van der Waals surface area contributed by atoms with Crippen molar-refractivity contribution >= 4 is 5.91 Å². The van der Waals surface area contributed by atoms with E-state index in [4.69, 9.17) is 4.52 Å². The number of hydrogen-bond donors (Lipinski definition) is 1. The molecule has 8 heteroatoms. The van der Waals surface area contributed by atoms with Crippen molar-refractivity contribution < 1.29 is 9.32 Å². The number of amides is 1. The predicted molar refractivity (Wildman–Crippen MR) is 71.6 cm³/mol. The summed E-state index contributed by atoms with van der Waals surface area (Å²) in [7, 11) is 1.80. The molecule has 0 aromatic carbocycles. The lowest BCUT2D eigenvalue weighted by atomic mass is 10.1. The first-order valence-electron chi connectivity index (χ1n) is 7.05. The highest BCUT2D eigenvalue weighted by atomic mass is 16.5. The maximum atomic E-state index is 12.7. The van der Waals surface area contributed by atoms with Gasteiger partial charge in [-0.15, -0.1) is 0 Å². The van der Waals surface area contributed by atoms with Gasteiger partial charge in [-0.05, 0) is 0 Å². The van der Waals surface area contributed by atoms with Gasteiger partial charge in [0.25, 0.3) is 5.91 Å². The second kappa shape index (κ2) is 4.66. The quantitative estimate of drug-likeness (QED) is 0.780. The number of likely N-dealkylation sites (N-methyl/N-ethyl adjacent to an activating group) is 1. The van der Waals surface area contributed by atoms with E-state index in [1.807, 2.05) is 4.68 Å². The SMILES string of the molecule is CN1CC(c2ncno2)Cn2nc3c(c2C1=O)CNCC3. The lowest BCUT2D eigenvalue weighted by Gasteiger charge is -2.18. The Hall–Kier alpha value is -2.22. The molecule has 0 bridgehead atoms. The Labute approximate surface area is 121 Å². The number of carbonyl (C=O) groups excluding carboxylic acids is 1. The molecule has 4 heterocycles. The van der Waals surface area contributed by atoms with E-state index in [2.05, 4.69) is 20.6 Å². The Morgan fingerprint density at radius 1 is 1.43 bits per heavy atom. The smallest absolute Gasteiger partial charge is 0.272 e. The number of hydrogen-bond acceptors (Lipinski definition) is 6. The summed E-state index contributed by atoms with van der Waals surface area (Å²) in [6.45, 7) is 2.74. The van der Waals surface area contributed by atoms with Crippen LogP contribution in [0.15, 0.2) is 10.9 Å². The van der Waals surface area contributed by atoms with E-state index < -0.39 is 0 Å². The summed E-state index contributed by atoms with van der Waals surface area (Å²) in [6, 6.07) is 0. The van der Waals surface area contributed by atoms with Crippen LogP contribution in [0, 0.1) is 0 Å². The highest BCUT2D eigenvalue weighted by molar-refractivity contribution is 5.94. The summed E-state index contributed by atoms with van der Waals surface area (Å²) in [4.78, 5) is 18.5. The van der Waals surface area contributed by atoms with Gasteiger partial charge in [-0.25, -0.2) is 0 Å². The van der Waals surface area contributed by atoms with Gasteiger partial charge in [0.05, 0.1) is 18.2 Å². The van der Waals surface area contributed by atoms with Gasteiger partial charge >= 0.3 is 0 Å². The molecule has 4 rings (SSSR count). The van der Waals surface area contributed by atoms with Gasteiger partial charge in [0.2, 0.25) is 5.89 Å². The molecule has 8 nitrogen and oxygen atoms in total. The molecular formula is C13H16N6O2. The highest BCUT2D eigenvalue weighted by Gasteiger charge is 2.34. The molecule has 2 aromatic rings. The number of rotatable bonds is 1. The number of nitrogens with zero attached hydrogens (tertiary/aromatic N) is 5. The summed E-state index contributed by atoms with van der Waals surface area (Å²) in [5.74, 6) is 0.528. The molecule has 0 aliphatic carbocycles. The molecule has 1 amide bonds. The standard InChI is InChI=1S/C13H16N6O2/c1-18-5-8(12-15-7-16-21-12)6-19-11(13(18)20)9-4-14-3-2-10(9)17-19/h7-8,14H,2-6H2,1H3. The minimum Gasteiger partial charge on any atom is -0.340 e. The fourth-order valence-electron chi connectivity index (χ4n) is 3.11. The molecule has 110 valence electrons. The first kappa shape index (κ1) is 12.5. The van der Waals surface area contributed by atoms with E-state index in [-0.39, 0.29) is 11.8 Å². The molecule has 2 aliphatic heterocycles. The summed E-state index contributed by atoms with van der Waals surface area (Å²) >= 11 is 0. The summed E-state index contributed by atoms with van der Waals surface area (Å²) in [6.07, 6.45) is 2.25. The predicted octanol–water partition coefficient (Wildman–Crippen LogP) is -0.219. The minimum absolute atomic E-state index is 0.00876. The molecule has 0 radical (unpaired) electrons. The zero-order valence-corrected chi connectivity index (χ0v) is 11.7. The van der Waals surface area contributed by atoms with Crippen LogP contribution in [0.5, 0.6) is 0 Å². The van der Waals surface area contributed by atoms with Crippen molar-refractivity contribution in [3.05, 3.63) is 29.2 Å². The second-order valence-corrected chi connectivity index (χ2v) is 5.54. The summed E-state index contributed by atoms with van der Waals surface area (Å²) in [5.41, 5.74) is 2.75. The van der Waals surface area contributed by atoms with E-state index in [0.717, 1.165) is 24.2 Å². The highest BCUT2D eigenvalue weighted by Crippen LogP contribution is 2.27. The van der Waals surface area contributed by atoms with Gasteiger partial charge in [-0.2, -0.15) is 10.1 Å². The Morgan fingerprint density at radius 2 is 2.33 bits per heavy atom. The Morgan fingerprint density at radius 3 is 3.14 bits per heavy atom. The number of aromatic nitrogens is 4. The fourth-order valence-corrected chi connectivity index (χ4v) is 3.11. The molecule has 2 aromatic heterocycles. The number of carbonyl (C=O) groups is 1.